The van der Waals surface area contributed by atoms with Gasteiger partial charge in [-0.1, -0.05) is 24.3 Å². The van der Waals surface area contributed by atoms with Crippen LogP contribution in [0.2, 0.25) is 0 Å². The third kappa shape index (κ3) is 4.39. The van der Waals surface area contributed by atoms with Crippen molar-refractivity contribution < 1.29 is 9.53 Å². The summed E-state index contributed by atoms with van der Waals surface area (Å²) in [5.74, 6) is 1.50. The molecule has 0 atom stereocenters. The standard InChI is InChI=1S/C26H24N4O2/c1-32-22-10-5-18(6-11-22)26(31)27-15-17-3-2-4-19(13-17)20-7-12-24-23(14-20)25(29-16-28-24)30-21-8-9-21/h2-7,10-14,16,21H,8-9,15H2,1H3,(H,27,31)(H,28,29,30). The van der Waals surface area contributed by atoms with E-state index in [0.717, 1.165) is 39.2 Å². The fourth-order valence-corrected chi connectivity index (χ4v) is 3.66. The Morgan fingerprint density at radius 3 is 2.59 bits per heavy atom. The van der Waals surface area contributed by atoms with Gasteiger partial charge in [-0.3, -0.25) is 4.79 Å². The normalized spacial score (nSPS) is 13.0. The van der Waals surface area contributed by atoms with Crippen molar-refractivity contribution in [3.8, 4) is 16.9 Å². The lowest BCUT2D eigenvalue weighted by molar-refractivity contribution is 0.0951. The minimum absolute atomic E-state index is 0.114. The minimum atomic E-state index is -0.114. The Bertz CT molecular complexity index is 1270. The number of carbonyl (C=O) groups is 1. The first kappa shape index (κ1) is 20.0. The molecule has 0 spiro atoms. The molecule has 4 aromatic rings. The maximum Gasteiger partial charge on any atom is 0.251 e. The molecule has 1 aliphatic carbocycles. The monoisotopic (exact) mass is 424 g/mol. The Kier molecular flexibility index (Phi) is 5.42. The molecule has 1 saturated carbocycles. The average Bonchev–Trinajstić information content (AvgIpc) is 3.67. The lowest BCUT2D eigenvalue weighted by atomic mass is 10.0. The van der Waals surface area contributed by atoms with E-state index in [2.05, 4.69) is 44.9 Å². The molecule has 0 bridgehead atoms. The predicted octanol–water partition coefficient (Wildman–Crippen LogP) is 4.81. The number of rotatable bonds is 7. The second-order valence-corrected chi connectivity index (χ2v) is 7.98. The minimum Gasteiger partial charge on any atom is -0.497 e. The fraction of sp³-hybridized carbons (Fsp3) is 0.192. The Labute approximate surface area is 186 Å². The van der Waals surface area contributed by atoms with Crippen molar-refractivity contribution >= 4 is 22.6 Å². The van der Waals surface area contributed by atoms with Gasteiger partial charge in [-0.05, 0) is 72.0 Å². The van der Waals surface area contributed by atoms with Crippen molar-refractivity contribution in [1.82, 2.24) is 15.3 Å². The van der Waals surface area contributed by atoms with Gasteiger partial charge in [0.25, 0.3) is 5.91 Å². The van der Waals surface area contributed by atoms with Crippen molar-refractivity contribution in [2.75, 3.05) is 12.4 Å². The quantitative estimate of drug-likeness (QED) is 0.445. The van der Waals surface area contributed by atoms with Crippen LogP contribution in [0.15, 0.2) is 73.1 Å². The molecule has 2 N–H and O–H groups in total. The van der Waals surface area contributed by atoms with E-state index in [9.17, 15) is 4.79 Å². The zero-order valence-electron chi connectivity index (χ0n) is 17.8. The number of hydrogen-bond acceptors (Lipinski definition) is 5. The topological polar surface area (TPSA) is 76.1 Å². The van der Waals surface area contributed by atoms with Crippen molar-refractivity contribution in [2.45, 2.75) is 25.4 Å². The number of carbonyl (C=O) groups excluding carboxylic acids is 1. The van der Waals surface area contributed by atoms with Crippen LogP contribution in [0.3, 0.4) is 0 Å². The molecule has 1 aliphatic rings. The zero-order chi connectivity index (χ0) is 21.9. The van der Waals surface area contributed by atoms with Gasteiger partial charge in [0.05, 0.1) is 12.6 Å². The zero-order valence-corrected chi connectivity index (χ0v) is 17.8. The number of anilines is 1. The molecular formula is C26H24N4O2. The number of benzene rings is 3. The van der Waals surface area contributed by atoms with Crippen molar-refractivity contribution in [3.05, 3.63) is 84.2 Å². The Hall–Kier alpha value is -3.93. The third-order valence-electron chi connectivity index (χ3n) is 5.62. The van der Waals surface area contributed by atoms with Gasteiger partial charge < -0.3 is 15.4 Å². The summed E-state index contributed by atoms with van der Waals surface area (Å²) in [5.41, 5.74) is 4.74. The maximum atomic E-state index is 12.5. The number of ether oxygens (including phenoxy) is 1. The molecule has 5 rings (SSSR count). The number of aromatic nitrogens is 2. The molecule has 6 heteroatoms. The molecule has 0 unspecified atom stereocenters. The van der Waals surface area contributed by atoms with Crippen LogP contribution in [0, 0.1) is 0 Å². The van der Waals surface area contributed by atoms with Crippen LogP contribution in [-0.4, -0.2) is 29.0 Å². The van der Waals surface area contributed by atoms with Gasteiger partial charge in [0.15, 0.2) is 0 Å². The first-order chi connectivity index (χ1) is 15.7. The maximum absolute atomic E-state index is 12.5. The second-order valence-electron chi connectivity index (χ2n) is 7.98. The molecule has 1 aromatic heterocycles. The average molecular weight is 425 g/mol. The fourth-order valence-electron chi connectivity index (χ4n) is 3.66. The first-order valence-corrected chi connectivity index (χ1v) is 10.7. The van der Waals surface area contributed by atoms with Crippen LogP contribution in [0.25, 0.3) is 22.0 Å². The van der Waals surface area contributed by atoms with E-state index in [1.54, 1.807) is 37.7 Å². The van der Waals surface area contributed by atoms with Gasteiger partial charge in [-0.2, -0.15) is 0 Å². The van der Waals surface area contributed by atoms with Crippen LogP contribution in [0.5, 0.6) is 5.75 Å². The van der Waals surface area contributed by atoms with E-state index < -0.39 is 0 Å². The van der Waals surface area contributed by atoms with Gasteiger partial charge in [0, 0.05) is 23.5 Å². The van der Waals surface area contributed by atoms with Crippen molar-refractivity contribution in [2.24, 2.45) is 0 Å². The van der Waals surface area contributed by atoms with E-state index in [1.165, 1.54) is 12.8 Å². The summed E-state index contributed by atoms with van der Waals surface area (Å²) in [7, 11) is 1.61. The SMILES string of the molecule is COc1ccc(C(=O)NCc2cccc(-c3ccc4ncnc(NC5CC5)c4c3)c2)cc1. The predicted molar refractivity (Wildman–Crippen MR) is 126 cm³/mol. The summed E-state index contributed by atoms with van der Waals surface area (Å²) in [6.45, 7) is 0.448. The lowest BCUT2D eigenvalue weighted by Crippen LogP contribution is -2.22. The molecular weight excluding hydrogens is 400 g/mol. The van der Waals surface area contributed by atoms with E-state index in [-0.39, 0.29) is 5.91 Å². The van der Waals surface area contributed by atoms with Gasteiger partial charge in [0.1, 0.15) is 17.9 Å². The molecule has 3 aromatic carbocycles. The summed E-state index contributed by atoms with van der Waals surface area (Å²) in [4.78, 5) is 21.3. The number of methoxy groups -OCH3 is 1. The molecule has 6 nitrogen and oxygen atoms in total. The number of nitrogens with zero attached hydrogens (tertiary/aromatic N) is 2. The highest BCUT2D eigenvalue weighted by Crippen LogP contribution is 2.30. The van der Waals surface area contributed by atoms with Crippen LogP contribution in [-0.2, 0) is 6.54 Å². The lowest BCUT2D eigenvalue weighted by Gasteiger charge is -2.11. The highest BCUT2D eigenvalue weighted by molar-refractivity contribution is 5.94. The highest BCUT2D eigenvalue weighted by Gasteiger charge is 2.22. The number of hydrogen-bond donors (Lipinski definition) is 2. The van der Waals surface area contributed by atoms with Gasteiger partial charge >= 0.3 is 0 Å². The summed E-state index contributed by atoms with van der Waals surface area (Å²) < 4.78 is 5.15. The summed E-state index contributed by atoms with van der Waals surface area (Å²) in [5, 5.41) is 7.51. The summed E-state index contributed by atoms with van der Waals surface area (Å²) >= 11 is 0. The molecule has 1 heterocycles. The van der Waals surface area contributed by atoms with E-state index in [1.807, 2.05) is 18.2 Å². The largest absolute Gasteiger partial charge is 0.497 e. The summed E-state index contributed by atoms with van der Waals surface area (Å²) in [6, 6.07) is 22.1. The second kappa shape index (κ2) is 8.67. The molecule has 1 fully saturated rings. The van der Waals surface area contributed by atoms with Crippen LogP contribution in [0.4, 0.5) is 5.82 Å². The number of fused-ring (bicyclic) bond motifs is 1. The van der Waals surface area contributed by atoms with Gasteiger partial charge in [-0.15, -0.1) is 0 Å². The first-order valence-electron chi connectivity index (χ1n) is 10.7. The van der Waals surface area contributed by atoms with Gasteiger partial charge in [-0.25, -0.2) is 9.97 Å². The highest BCUT2D eigenvalue weighted by atomic mass is 16.5. The molecule has 1 amide bonds. The third-order valence-corrected chi connectivity index (χ3v) is 5.62. The van der Waals surface area contributed by atoms with Crippen LogP contribution < -0.4 is 15.4 Å². The van der Waals surface area contributed by atoms with Crippen molar-refractivity contribution in [3.63, 3.8) is 0 Å². The molecule has 0 radical (unpaired) electrons. The van der Waals surface area contributed by atoms with E-state index in [0.29, 0.717) is 18.2 Å². The molecule has 0 saturated heterocycles. The van der Waals surface area contributed by atoms with Crippen LogP contribution in [0.1, 0.15) is 28.8 Å². The van der Waals surface area contributed by atoms with E-state index >= 15 is 0 Å². The van der Waals surface area contributed by atoms with Crippen LogP contribution >= 0.6 is 0 Å². The van der Waals surface area contributed by atoms with Crippen molar-refractivity contribution in [1.29, 1.82) is 0 Å². The smallest absolute Gasteiger partial charge is 0.251 e. The Balaban J connectivity index is 1.34. The number of nitrogens with one attached hydrogen (secondary N) is 2. The Morgan fingerprint density at radius 1 is 1.00 bits per heavy atom. The van der Waals surface area contributed by atoms with Gasteiger partial charge in [0.2, 0.25) is 0 Å². The molecule has 0 aliphatic heterocycles. The molecule has 160 valence electrons. The number of amides is 1. The Morgan fingerprint density at radius 2 is 1.81 bits per heavy atom. The molecule has 32 heavy (non-hydrogen) atoms. The van der Waals surface area contributed by atoms with E-state index in [4.69, 9.17) is 4.74 Å². The summed E-state index contributed by atoms with van der Waals surface area (Å²) in [6.07, 6.45) is 3.99.